The Morgan fingerprint density at radius 3 is 2.53 bits per heavy atom. The second kappa shape index (κ2) is 4.93. The monoisotopic (exact) mass is 263 g/mol. The zero-order valence-corrected chi connectivity index (χ0v) is 11.4. The van der Waals surface area contributed by atoms with Crippen LogP contribution in [0.15, 0.2) is 16.7 Å². The molecule has 2 rings (SSSR count). The van der Waals surface area contributed by atoms with E-state index in [1.54, 1.807) is 12.1 Å². The van der Waals surface area contributed by atoms with Crippen LogP contribution in [0.1, 0.15) is 32.7 Å². The molecule has 1 atom stereocenters. The molecule has 0 aliphatic carbocycles. The normalized spacial score (nSPS) is 13.3. The van der Waals surface area contributed by atoms with Gasteiger partial charge in [0.25, 0.3) is 0 Å². The number of aromatic nitrogens is 4. The van der Waals surface area contributed by atoms with Gasteiger partial charge in [0.1, 0.15) is 5.69 Å². The summed E-state index contributed by atoms with van der Waals surface area (Å²) in [7, 11) is 1.53. The maximum atomic E-state index is 6.06. The maximum absolute atomic E-state index is 6.06. The first-order valence-corrected chi connectivity index (χ1v) is 5.89. The van der Waals surface area contributed by atoms with Gasteiger partial charge in [0.15, 0.2) is 0 Å². The van der Waals surface area contributed by atoms with Gasteiger partial charge in [-0.2, -0.15) is 4.98 Å². The van der Waals surface area contributed by atoms with Crippen molar-refractivity contribution in [3.8, 4) is 17.4 Å². The van der Waals surface area contributed by atoms with Crippen LogP contribution in [0.5, 0.6) is 5.88 Å². The maximum Gasteiger partial charge on any atom is 0.244 e. The minimum absolute atomic E-state index is 0.157. The van der Waals surface area contributed by atoms with Crippen LogP contribution in [0.3, 0.4) is 0 Å². The van der Waals surface area contributed by atoms with Gasteiger partial charge in [0, 0.05) is 6.07 Å². The molecule has 102 valence electrons. The first-order chi connectivity index (χ1) is 8.91. The van der Waals surface area contributed by atoms with E-state index in [1.807, 2.05) is 20.8 Å². The number of hydrogen-bond donors (Lipinski definition) is 1. The zero-order chi connectivity index (χ0) is 14.0. The summed E-state index contributed by atoms with van der Waals surface area (Å²) in [6, 6.07) is 3.06. The van der Waals surface area contributed by atoms with Gasteiger partial charge in [-0.1, -0.05) is 25.9 Å². The van der Waals surface area contributed by atoms with Crippen LogP contribution in [-0.2, 0) is 0 Å². The largest absolute Gasteiger partial charge is 0.480 e. The molecule has 2 aromatic rings. The van der Waals surface area contributed by atoms with Crippen LogP contribution >= 0.6 is 0 Å². The van der Waals surface area contributed by atoms with Crippen molar-refractivity contribution >= 4 is 0 Å². The summed E-state index contributed by atoms with van der Waals surface area (Å²) in [4.78, 5) is 4.26. The molecule has 0 aliphatic heterocycles. The van der Waals surface area contributed by atoms with Crippen LogP contribution < -0.4 is 10.5 Å². The second-order valence-corrected chi connectivity index (χ2v) is 5.26. The average Bonchev–Trinajstić information content (AvgIpc) is 2.86. The second-order valence-electron chi connectivity index (χ2n) is 5.26. The molecule has 0 fully saturated rings. The fourth-order valence-electron chi connectivity index (χ4n) is 1.38. The molecule has 1 unspecified atom stereocenters. The van der Waals surface area contributed by atoms with Crippen molar-refractivity contribution in [2.45, 2.75) is 26.8 Å². The Balaban J connectivity index is 2.25. The van der Waals surface area contributed by atoms with Gasteiger partial charge in [0.2, 0.25) is 17.6 Å². The number of methoxy groups -OCH3 is 1. The third kappa shape index (κ3) is 2.87. The smallest absolute Gasteiger partial charge is 0.244 e. The molecule has 0 saturated heterocycles. The van der Waals surface area contributed by atoms with Gasteiger partial charge in [-0.15, -0.1) is 10.2 Å². The first kappa shape index (κ1) is 13.4. The van der Waals surface area contributed by atoms with E-state index in [2.05, 4.69) is 20.3 Å². The lowest BCUT2D eigenvalue weighted by Crippen LogP contribution is -2.26. The van der Waals surface area contributed by atoms with E-state index in [1.165, 1.54) is 7.11 Å². The first-order valence-electron chi connectivity index (χ1n) is 5.89. The number of rotatable bonds is 3. The van der Waals surface area contributed by atoms with E-state index in [4.69, 9.17) is 15.0 Å². The summed E-state index contributed by atoms with van der Waals surface area (Å²) >= 11 is 0. The number of ether oxygens (including phenoxy) is 1. The van der Waals surface area contributed by atoms with E-state index < -0.39 is 0 Å². The lowest BCUT2D eigenvalue weighted by molar-refractivity contribution is 0.253. The van der Waals surface area contributed by atoms with Gasteiger partial charge >= 0.3 is 0 Å². The Morgan fingerprint density at radius 2 is 2.00 bits per heavy atom. The Bertz CT molecular complexity index is 544. The molecule has 0 bridgehead atoms. The van der Waals surface area contributed by atoms with Crippen molar-refractivity contribution < 1.29 is 9.26 Å². The Labute approximate surface area is 111 Å². The standard InChI is InChI=1S/C12H17N5O2/c1-12(2,3)9(13)11-14-10(17-19-11)7-5-6-8(18-4)16-15-7/h5-6,9H,13H2,1-4H3. The van der Waals surface area contributed by atoms with Crippen molar-refractivity contribution in [2.75, 3.05) is 7.11 Å². The van der Waals surface area contributed by atoms with Gasteiger partial charge in [-0.25, -0.2) is 0 Å². The lowest BCUT2D eigenvalue weighted by atomic mass is 9.87. The highest BCUT2D eigenvalue weighted by atomic mass is 16.5. The highest BCUT2D eigenvalue weighted by molar-refractivity contribution is 5.47. The highest BCUT2D eigenvalue weighted by Gasteiger charge is 2.27. The Hall–Kier alpha value is -2.02. The van der Waals surface area contributed by atoms with Crippen LogP contribution in [0.4, 0.5) is 0 Å². The third-order valence-corrected chi connectivity index (χ3v) is 2.72. The van der Waals surface area contributed by atoms with Crippen molar-refractivity contribution in [1.82, 2.24) is 20.3 Å². The van der Waals surface area contributed by atoms with Crippen LogP contribution in [0.25, 0.3) is 11.5 Å². The molecule has 0 saturated carbocycles. The predicted molar refractivity (Wildman–Crippen MR) is 68.3 cm³/mol. The molecule has 2 aromatic heterocycles. The SMILES string of the molecule is COc1ccc(-c2noc(C(N)C(C)(C)C)n2)nn1. The average molecular weight is 263 g/mol. The molecule has 0 spiro atoms. The number of hydrogen-bond acceptors (Lipinski definition) is 7. The molecule has 0 aliphatic rings. The third-order valence-electron chi connectivity index (χ3n) is 2.72. The minimum Gasteiger partial charge on any atom is -0.480 e. The van der Waals surface area contributed by atoms with E-state index in [0.717, 1.165) is 0 Å². The summed E-state index contributed by atoms with van der Waals surface area (Å²) in [6.45, 7) is 6.03. The molecule has 0 aromatic carbocycles. The van der Waals surface area contributed by atoms with E-state index in [0.29, 0.717) is 23.3 Å². The van der Waals surface area contributed by atoms with Crippen molar-refractivity contribution in [3.05, 3.63) is 18.0 Å². The van der Waals surface area contributed by atoms with Crippen molar-refractivity contribution in [1.29, 1.82) is 0 Å². The molecule has 0 amide bonds. The molecule has 2 N–H and O–H groups in total. The summed E-state index contributed by atoms with van der Waals surface area (Å²) in [5.41, 5.74) is 6.41. The number of nitrogens with zero attached hydrogens (tertiary/aromatic N) is 4. The van der Waals surface area contributed by atoms with Gasteiger partial charge in [-0.05, 0) is 11.5 Å². The fourth-order valence-corrected chi connectivity index (χ4v) is 1.38. The fraction of sp³-hybridized carbons (Fsp3) is 0.500. The van der Waals surface area contributed by atoms with Gasteiger partial charge < -0.3 is 15.0 Å². The topological polar surface area (TPSA) is 100.0 Å². The quantitative estimate of drug-likeness (QED) is 0.897. The Morgan fingerprint density at radius 1 is 1.26 bits per heavy atom. The highest BCUT2D eigenvalue weighted by Crippen LogP contribution is 2.30. The molecule has 19 heavy (non-hydrogen) atoms. The van der Waals surface area contributed by atoms with Gasteiger partial charge in [-0.3, -0.25) is 0 Å². The predicted octanol–water partition coefficient (Wildman–Crippen LogP) is 1.58. The molecule has 7 nitrogen and oxygen atoms in total. The van der Waals surface area contributed by atoms with Crippen molar-refractivity contribution in [2.24, 2.45) is 11.1 Å². The van der Waals surface area contributed by atoms with Crippen LogP contribution in [-0.4, -0.2) is 27.4 Å². The molecular formula is C12H17N5O2. The number of nitrogens with two attached hydrogens (primary N) is 1. The minimum atomic E-state index is -0.333. The summed E-state index contributed by atoms with van der Waals surface area (Å²) < 4.78 is 10.1. The Kier molecular flexibility index (Phi) is 3.48. The van der Waals surface area contributed by atoms with Crippen molar-refractivity contribution in [3.63, 3.8) is 0 Å². The van der Waals surface area contributed by atoms with Crippen LogP contribution in [0.2, 0.25) is 0 Å². The molecule has 7 heteroatoms. The molecule has 2 heterocycles. The summed E-state index contributed by atoms with van der Waals surface area (Å²) in [6.07, 6.45) is 0. The molecular weight excluding hydrogens is 246 g/mol. The van der Waals surface area contributed by atoms with Gasteiger partial charge in [0.05, 0.1) is 13.2 Å². The van der Waals surface area contributed by atoms with E-state index in [9.17, 15) is 0 Å². The van der Waals surface area contributed by atoms with Crippen LogP contribution in [0, 0.1) is 5.41 Å². The summed E-state index contributed by atoms with van der Waals surface area (Å²) in [5.74, 6) is 1.18. The lowest BCUT2D eigenvalue weighted by Gasteiger charge is -2.23. The van der Waals surface area contributed by atoms with E-state index >= 15 is 0 Å². The zero-order valence-electron chi connectivity index (χ0n) is 11.4. The van der Waals surface area contributed by atoms with E-state index in [-0.39, 0.29) is 11.5 Å². The molecule has 0 radical (unpaired) electrons. The summed E-state index contributed by atoms with van der Waals surface area (Å²) in [5, 5.41) is 11.7.